The van der Waals surface area contributed by atoms with Crippen LogP contribution in [0.5, 0.6) is 5.75 Å². The molecule has 1 aromatic rings. The molecule has 0 bridgehead atoms. The Kier molecular flexibility index (Phi) is 6.17. The van der Waals surface area contributed by atoms with E-state index in [-0.39, 0.29) is 24.9 Å². The average molecular weight is 334 g/mol. The summed E-state index contributed by atoms with van der Waals surface area (Å²) >= 11 is 0. The van der Waals surface area contributed by atoms with Gasteiger partial charge in [0.2, 0.25) is 5.91 Å². The maximum atomic E-state index is 12.1. The van der Waals surface area contributed by atoms with Gasteiger partial charge in [-0.05, 0) is 30.5 Å². The van der Waals surface area contributed by atoms with Gasteiger partial charge in [0.15, 0.2) is 6.61 Å². The maximum Gasteiger partial charge on any atom is 0.310 e. The predicted molar refractivity (Wildman–Crippen MR) is 86.2 cm³/mol. The fourth-order valence-corrected chi connectivity index (χ4v) is 2.63. The summed E-state index contributed by atoms with van der Waals surface area (Å²) in [5, 5.41) is 0. The van der Waals surface area contributed by atoms with Gasteiger partial charge in [-0.2, -0.15) is 0 Å². The van der Waals surface area contributed by atoms with E-state index in [1.807, 2.05) is 0 Å². The molecule has 1 aliphatic rings. The standard InChI is InChI=1S/C17H22N2O5/c1-23-14-6-4-12(5-7-14)9-16(21)24-11-15(20)19-8-2-3-13(10-19)17(18)22/h4-7,13H,2-3,8-11H2,1H3,(H2,18,22)/t13-/m1/s1. The van der Waals surface area contributed by atoms with E-state index in [9.17, 15) is 14.4 Å². The normalized spacial score (nSPS) is 17.2. The minimum absolute atomic E-state index is 0.0845. The molecule has 7 nitrogen and oxygen atoms in total. The van der Waals surface area contributed by atoms with E-state index in [1.54, 1.807) is 31.4 Å². The number of hydrogen-bond acceptors (Lipinski definition) is 5. The lowest BCUT2D eigenvalue weighted by Gasteiger charge is -2.31. The van der Waals surface area contributed by atoms with Crippen molar-refractivity contribution in [1.82, 2.24) is 4.90 Å². The number of nitrogens with two attached hydrogens (primary N) is 1. The van der Waals surface area contributed by atoms with Gasteiger partial charge >= 0.3 is 5.97 Å². The zero-order valence-electron chi connectivity index (χ0n) is 13.7. The molecule has 2 rings (SSSR count). The van der Waals surface area contributed by atoms with Crippen LogP contribution >= 0.6 is 0 Å². The molecule has 0 radical (unpaired) electrons. The number of benzene rings is 1. The van der Waals surface area contributed by atoms with E-state index < -0.39 is 11.9 Å². The number of ether oxygens (including phenoxy) is 2. The molecule has 0 aliphatic carbocycles. The lowest BCUT2D eigenvalue weighted by Crippen LogP contribution is -2.45. The number of nitrogens with zero attached hydrogens (tertiary/aromatic N) is 1. The van der Waals surface area contributed by atoms with Crippen LogP contribution in [0.25, 0.3) is 0 Å². The molecule has 1 saturated heterocycles. The van der Waals surface area contributed by atoms with Gasteiger partial charge in [0, 0.05) is 13.1 Å². The van der Waals surface area contributed by atoms with E-state index in [0.29, 0.717) is 25.3 Å². The van der Waals surface area contributed by atoms with Crippen molar-refractivity contribution in [1.29, 1.82) is 0 Å². The number of amides is 2. The summed E-state index contributed by atoms with van der Waals surface area (Å²) < 4.78 is 10.1. The van der Waals surface area contributed by atoms with Gasteiger partial charge in [-0.3, -0.25) is 14.4 Å². The largest absolute Gasteiger partial charge is 0.497 e. The van der Waals surface area contributed by atoms with E-state index in [4.69, 9.17) is 15.2 Å². The van der Waals surface area contributed by atoms with Crippen LogP contribution in [0.2, 0.25) is 0 Å². The number of carbonyl (C=O) groups excluding carboxylic acids is 3. The van der Waals surface area contributed by atoms with Crippen molar-refractivity contribution in [2.24, 2.45) is 11.7 Å². The number of piperidine rings is 1. The van der Waals surface area contributed by atoms with E-state index in [1.165, 1.54) is 4.90 Å². The van der Waals surface area contributed by atoms with Crippen molar-refractivity contribution in [3.05, 3.63) is 29.8 Å². The Balaban J connectivity index is 1.78. The molecule has 1 aromatic carbocycles. The fraction of sp³-hybridized carbons (Fsp3) is 0.471. The van der Waals surface area contributed by atoms with E-state index in [2.05, 4.69) is 0 Å². The highest BCUT2D eigenvalue weighted by molar-refractivity contribution is 5.83. The quantitative estimate of drug-likeness (QED) is 0.764. The topological polar surface area (TPSA) is 98.9 Å². The number of esters is 1. The Bertz CT molecular complexity index is 600. The molecule has 2 N–H and O–H groups in total. The van der Waals surface area contributed by atoms with Crippen LogP contribution in [-0.4, -0.2) is 49.5 Å². The SMILES string of the molecule is COc1ccc(CC(=O)OCC(=O)N2CCC[C@@H](C(N)=O)C2)cc1. The van der Waals surface area contributed by atoms with Crippen LogP contribution in [0.3, 0.4) is 0 Å². The number of primary amides is 1. The van der Waals surface area contributed by atoms with Gasteiger partial charge in [0.25, 0.3) is 5.91 Å². The van der Waals surface area contributed by atoms with Crippen molar-refractivity contribution in [2.75, 3.05) is 26.8 Å². The highest BCUT2D eigenvalue weighted by Crippen LogP contribution is 2.16. The molecule has 1 atom stereocenters. The maximum absolute atomic E-state index is 12.1. The number of rotatable bonds is 6. The van der Waals surface area contributed by atoms with Crippen molar-refractivity contribution >= 4 is 17.8 Å². The number of carbonyl (C=O) groups is 3. The van der Waals surface area contributed by atoms with Crippen LogP contribution in [-0.2, 0) is 25.5 Å². The third-order valence-electron chi connectivity index (χ3n) is 4.04. The molecule has 1 fully saturated rings. The smallest absolute Gasteiger partial charge is 0.310 e. The minimum atomic E-state index is -0.475. The summed E-state index contributed by atoms with van der Waals surface area (Å²) in [6, 6.07) is 7.05. The first-order valence-electron chi connectivity index (χ1n) is 7.85. The van der Waals surface area contributed by atoms with Crippen molar-refractivity contribution in [3.63, 3.8) is 0 Å². The highest BCUT2D eigenvalue weighted by atomic mass is 16.5. The molecule has 24 heavy (non-hydrogen) atoms. The Labute approximate surface area is 140 Å². The summed E-state index contributed by atoms with van der Waals surface area (Å²) in [5.41, 5.74) is 6.06. The van der Waals surface area contributed by atoms with Crippen LogP contribution in [0.4, 0.5) is 0 Å². The lowest BCUT2D eigenvalue weighted by molar-refractivity contribution is -0.152. The fourth-order valence-electron chi connectivity index (χ4n) is 2.63. The van der Waals surface area contributed by atoms with Gasteiger partial charge in [0.1, 0.15) is 5.75 Å². The second-order valence-electron chi connectivity index (χ2n) is 5.77. The predicted octanol–water partition coefficient (Wildman–Crippen LogP) is 0.505. The second kappa shape index (κ2) is 8.33. The zero-order chi connectivity index (χ0) is 17.5. The second-order valence-corrected chi connectivity index (χ2v) is 5.77. The Morgan fingerprint density at radius 1 is 1.25 bits per heavy atom. The Morgan fingerprint density at radius 3 is 2.58 bits per heavy atom. The summed E-state index contributed by atoms with van der Waals surface area (Å²) in [6.07, 6.45) is 1.50. The van der Waals surface area contributed by atoms with Crippen LogP contribution < -0.4 is 10.5 Å². The Morgan fingerprint density at radius 2 is 1.96 bits per heavy atom. The minimum Gasteiger partial charge on any atom is -0.497 e. The van der Waals surface area contributed by atoms with Gasteiger partial charge in [0.05, 0.1) is 19.4 Å². The summed E-state index contributed by atoms with van der Waals surface area (Å²) in [7, 11) is 1.57. The van der Waals surface area contributed by atoms with Crippen LogP contribution in [0, 0.1) is 5.92 Å². The van der Waals surface area contributed by atoms with Crippen molar-refractivity contribution in [3.8, 4) is 5.75 Å². The molecular weight excluding hydrogens is 312 g/mol. The van der Waals surface area contributed by atoms with E-state index >= 15 is 0 Å². The molecule has 0 unspecified atom stereocenters. The first-order valence-corrected chi connectivity index (χ1v) is 7.85. The van der Waals surface area contributed by atoms with Crippen molar-refractivity contribution in [2.45, 2.75) is 19.3 Å². The molecular formula is C17H22N2O5. The molecule has 0 spiro atoms. The third kappa shape index (κ3) is 4.97. The highest BCUT2D eigenvalue weighted by Gasteiger charge is 2.27. The molecule has 1 aliphatic heterocycles. The average Bonchev–Trinajstić information content (AvgIpc) is 2.60. The summed E-state index contributed by atoms with van der Waals surface area (Å²) in [4.78, 5) is 36.7. The van der Waals surface area contributed by atoms with Crippen molar-refractivity contribution < 1.29 is 23.9 Å². The van der Waals surface area contributed by atoms with Gasteiger partial charge in [-0.1, -0.05) is 12.1 Å². The Hall–Kier alpha value is -2.57. The monoisotopic (exact) mass is 334 g/mol. The van der Waals surface area contributed by atoms with Gasteiger partial charge < -0.3 is 20.1 Å². The number of hydrogen-bond donors (Lipinski definition) is 1. The first kappa shape index (κ1) is 17.8. The number of likely N-dealkylation sites (tertiary alicyclic amines) is 1. The van der Waals surface area contributed by atoms with Gasteiger partial charge in [-0.25, -0.2) is 0 Å². The van der Waals surface area contributed by atoms with Crippen LogP contribution in [0.15, 0.2) is 24.3 Å². The molecule has 0 saturated carbocycles. The third-order valence-corrected chi connectivity index (χ3v) is 4.04. The zero-order valence-corrected chi connectivity index (χ0v) is 13.7. The summed E-state index contributed by atoms with van der Waals surface area (Å²) in [5.74, 6) is -0.792. The number of methoxy groups -OCH3 is 1. The molecule has 0 aromatic heterocycles. The van der Waals surface area contributed by atoms with E-state index in [0.717, 1.165) is 12.0 Å². The molecule has 7 heteroatoms. The molecule has 2 amide bonds. The lowest BCUT2D eigenvalue weighted by atomic mass is 9.97. The van der Waals surface area contributed by atoms with Gasteiger partial charge in [-0.15, -0.1) is 0 Å². The molecule has 1 heterocycles. The summed E-state index contributed by atoms with van der Waals surface area (Å²) in [6.45, 7) is 0.531. The van der Waals surface area contributed by atoms with Crippen LogP contribution in [0.1, 0.15) is 18.4 Å². The molecule has 130 valence electrons. The first-order chi connectivity index (χ1) is 11.5.